The SMILES string of the molecule is O=C(/C=C/c1ccccc1)NC1CCCc2ccccc21. The summed E-state index contributed by atoms with van der Waals surface area (Å²) in [6.07, 6.45) is 6.73. The first-order valence-corrected chi connectivity index (χ1v) is 7.44. The third kappa shape index (κ3) is 3.40. The fourth-order valence-electron chi connectivity index (χ4n) is 2.86. The Morgan fingerprint density at radius 1 is 1.05 bits per heavy atom. The molecule has 2 aromatic rings. The summed E-state index contributed by atoms with van der Waals surface area (Å²) in [6, 6.07) is 18.4. The number of nitrogens with one attached hydrogen (secondary N) is 1. The molecule has 1 aliphatic rings. The average molecular weight is 277 g/mol. The van der Waals surface area contributed by atoms with Crippen LogP contribution < -0.4 is 5.32 Å². The molecule has 106 valence electrons. The van der Waals surface area contributed by atoms with Crippen LogP contribution in [0.4, 0.5) is 0 Å². The fraction of sp³-hybridized carbons (Fsp3) is 0.211. The minimum Gasteiger partial charge on any atom is -0.346 e. The number of hydrogen-bond donors (Lipinski definition) is 1. The first kappa shape index (κ1) is 13.6. The summed E-state index contributed by atoms with van der Waals surface area (Å²) in [6.45, 7) is 0. The Morgan fingerprint density at radius 3 is 2.67 bits per heavy atom. The summed E-state index contributed by atoms with van der Waals surface area (Å²) in [7, 11) is 0. The molecule has 0 bridgehead atoms. The van der Waals surface area contributed by atoms with E-state index in [1.807, 2.05) is 42.5 Å². The normalized spacial score (nSPS) is 17.4. The lowest BCUT2D eigenvalue weighted by Crippen LogP contribution is -2.29. The molecule has 0 saturated carbocycles. The highest BCUT2D eigenvalue weighted by Crippen LogP contribution is 2.29. The molecule has 2 nitrogen and oxygen atoms in total. The Bertz CT molecular complexity index is 646. The van der Waals surface area contributed by atoms with Gasteiger partial charge < -0.3 is 5.32 Å². The van der Waals surface area contributed by atoms with Crippen molar-refractivity contribution >= 4 is 12.0 Å². The molecule has 1 unspecified atom stereocenters. The summed E-state index contributed by atoms with van der Waals surface area (Å²) < 4.78 is 0. The van der Waals surface area contributed by atoms with Gasteiger partial charge in [0.05, 0.1) is 6.04 Å². The molecule has 1 N–H and O–H groups in total. The molecule has 1 aliphatic carbocycles. The zero-order valence-corrected chi connectivity index (χ0v) is 12.0. The Kier molecular flexibility index (Phi) is 4.15. The third-order valence-corrected chi connectivity index (χ3v) is 3.91. The fourth-order valence-corrected chi connectivity index (χ4v) is 2.86. The van der Waals surface area contributed by atoms with Crippen molar-refractivity contribution in [3.63, 3.8) is 0 Å². The van der Waals surface area contributed by atoms with Gasteiger partial charge in [0.15, 0.2) is 0 Å². The molecule has 0 heterocycles. The van der Waals surface area contributed by atoms with Gasteiger partial charge in [-0.1, -0.05) is 54.6 Å². The molecule has 0 aliphatic heterocycles. The van der Waals surface area contributed by atoms with E-state index in [9.17, 15) is 4.79 Å². The Balaban J connectivity index is 1.67. The number of carbonyl (C=O) groups excluding carboxylic acids is 1. The number of hydrogen-bond acceptors (Lipinski definition) is 1. The van der Waals surface area contributed by atoms with Gasteiger partial charge in [-0.25, -0.2) is 0 Å². The molecule has 0 fully saturated rings. The topological polar surface area (TPSA) is 29.1 Å². The molecule has 2 heteroatoms. The lowest BCUT2D eigenvalue weighted by Gasteiger charge is -2.25. The van der Waals surface area contributed by atoms with Crippen molar-refractivity contribution < 1.29 is 4.79 Å². The van der Waals surface area contributed by atoms with Crippen LogP contribution in [0.1, 0.15) is 35.6 Å². The highest BCUT2D eigenvalue weighted by Gasteiger charge is 2.20. The minimum atomic E-state index is -0.0273. The van der Waals surface area contributed by atoms with Gasteiger partial charge in [0.2, 0.25) is 5.91 Å². The second kappa shape index (κ2) is 6.40. The minimum absolute atomic E-state index is 0.0273. The van der Waals surface area contributed by atoms with E-state index < -0.39 is 0 Å². The maximum absolute atomic E-state index is 12.1. The molecule has 1 amide bonds. The standard InChI is InChI=1S/C19H19NO/c21-19(14-13-15-7-2-1-3-8-15)20-18-12-6-10-16-9-4-5-11-17(16)18/h1-5,7-9,11,13-14,18H,6,10,12H2,(H,20,21)/b14-13+. The molecule has 2 aromatic carbocycles. The van der Waals surface area contributed by atoms with Gasteiger partial charge in [0, 0.05) is 6.08 Å². The molecular weight excluding hydrogens is 258 g/mol. The van der Waals surface area contributed by atoms with Crippen LogP contribution in [0.25, 0.3) is 6.08 Å². The Morgan fingerprint density at radius 2 is 1.81 bits per heavy atom. The van der Waals surface area contributed by atoms with Crippen molar-refractivity contribution in [1.82, 2.24) is 5.32 Å². The van der Waals surface area contributed by atoms with Crippen LogP contribution in [-0.2, 0) is 11.2 Å². The van der Waals surface area contributed by atoms with Crippen molar-refractivity contribution in [2.75, 3.05) is 0 Å². The lowest BCUT2D eigenvalue weighted by atomic mass is 9.88. The van der Waals surface area contributed by atoms with Crippen LogP contribution in [0.5, 0.6) is 0 Å². The summed E-state index contributed by atoms with van der Waals surface area (Å²) in [4.78, 5) is 12.1. The highest BCUT2D eigenvalue weighted by molar-refractivity contribution is 5.92. The van der Waals surface area contributed by atoms with Crippen molar-refractivity contribution in [3.05, 3.63) is 77.4 Å². The van der Waals surface area contributed by atoms with E-state index in [1.54, 1.807) is 6.08 Å². The van der Waals surface area contributed by atoms with Crippen molar-refractivity contribution in [2.24, 2.45) is 0 Å². The molecule has 0 spiro atoms. The second-order valence-electron chi connectivity index (χ2n) is 5.40. The van der Waals surface area contributed by atoms with Crippen LogP contribution in [0.3, 0.4) is 0 Å². The van der Waals surface area contributed by atoms with Gasteiger partial charge in [-0.15, -0.1) is 0 Å². The van der Waals surface area contributed by atoms with Crippen molar-refractivity contribution in [1.29, 1.82) is 0 Å². The quantitative estimate of drug-likeness (QED) is 0.847. The number of benzene rings is 2. The lowest BCUT2D eigenvalue weighted by molar-refractivity contribution is -0.117. The van der Waals surface area contributed by atoms with E-state index >= 15 is 0 Å². The molecule has 1 atom stereocenters. The van der Waals surface area contributed by atoms with Crippen LogP contribution in [-0.4, -0.2) is 5.91 Å². The van der Waals surface area contributed by atoms with Crippen molar-refractivity contribution in [3.8, 4) is 0 Å². The van der Waals surface area contributed by atoms with Crippen LogP contribution in [0, 0.1) is 0 Å². The van der Waals surface area contributed by atoms with Gasteiger partial charge in [0.1, 0.15) is 0 Å². The van der Waals surface area contributed by atoms with Gasteiger partial charge in [-0.3, -0.25) is 4.79 Å². The van der Waals surface area contributed by atoms with Crippen LogP contribution >= 0.6 is 0 Å². The molecule has 0 saturated heterocycles. The van der Waals surface area contributed by atoms with E-state index in [2.05, 4.69) is 23.5 Å². The zero-order chi connectivity index (χ0) is 14.5. The second-order valence-corrected chi connectivity index (χ2v) is 5.40. The number of aryl methyl sites for hydroxylation is 1. The molecule has 0 aromatic heterocycles. The van der Waals surface area contributed by atoms with Gasteiger partial charge in [-0.2, -0.15) is 0 Å². The molecular formula is C19H19NO. The summed E-state index contributed by atoms with van der Waals surface area (Å²) in [5.41, 5.74) is 3.67. The molecule has 21 heavy (non-hydrogen) atoms. The average Bonchev–Trinajstić information content (AvgIpc) is 2.54. The first-order valence-electron chi connectivity index (χ1n) is 7.44. The molecule has 0 radical (unpaired) electrons. The number of fused-ring (bicyclic) bond motifs is 1. The van der Waals surface area contributed by atoms with Crippen LogP contribution in [0.2, 0.25) is 0 Å². The number of amides is 1. The Labute approximate surface area is 125 Å². The molecule has 3 rings (SSSR count). The van der Waals surface area contributed by atoms with Gasteiger partial charge in [0.25, 0.3) is 0 Å². The highest BCUT2D eigenvalue weighted by atomic mass is 16.1. The van der Waals surface area contributed by atoms with E-state index in [4.69, 9.17) is 0 Å². The van der Waals surface area contributed by atoms with E-state index in [0.29, 0.717) is 0 Å². The van der Waals surface area contributed by atoms with E-state index in [0.717, 1.165) is 24.8 Å². The van der Waals surface area contributed by atoms with Gasteiger partial charge in [-0.05, 0) is 42.0 Å². The van der Waals surface area contributed by atoms with E-state index in [-0.39, 0.29) is 11.9 Å². The first-order chi connectivity index (χ1) is 10.3. The number of carbonyl (C=O) groups is 1. The van der Waals surface area contributed by atoms with Gasteiger partial charge >= 0.3 is 0 Å². The largest absolute Gasteiger partial charge is 0.346 e. The number of rotatable bonds is 3. The van der Waals surface area contributed by atoms with Crippen molar-refractivity contribution in [2.45, 2.75) is 25.3 Å². The van der Waals surface area contributed by atoms with E-state index in [1.165, 1.54) is 11.1 Å². The summed E-state index contributed by atoms with van der Waals surface area (Å²) in [5, 5.41) is 3.12. The summed E-state index contributed by atoms with van der Waals surface area (Å²) in [5.74, 6) is -0.0273. The smallest absolute Gasteiger partial charge is 0.244 e. The monoisotopic (exact) mass is 277 g/mol. The maximum atomic E-state index is 12.1. The zero-order valence-electron chi connectivity index (χ0n) is 12.0. The maximum Gasteiger partial charge on any atom is 0.244 e. The third-order valence-electron chi connectivity index (χ3n) is 3.91. The Hall–Kier alpha value is -2.35. The summed E-state index contributed by atoms with van der Waals surface area (Å²) >= 11 is 0. The van der Waals surface area contributed by atoms with Crippen LogP contribution in [0.15, 0.2) is 60.7 Å². The predicted octanol–water partition coefficient (Wildman–Crippen LogP) is 3.89. The predicted molar refractivity (Wildman–Crippen MR) is 85.7 cm³/mol.